The first-order chi connectivity index (χ1) is 13.7. The number of halogens is 4. The number of hydrogen-bond acceptors (Lipinski definition) is 4. The largest absolute Gasteiger partial charge is 0.433 e. The molecule has 0 saturated carbocycles. The van der Waals surface area contributed by atoms with Crippen LogP contribution in [0.25, 0.3) is 5.69 Å². The molecule has 0 aliphatic carbocycles. The van der Waals surface area contributed by atoms with Gasteiger partial charge in [0, 0.05) is 18.3 Å². The Balaban J connectivity index is 1.97. The van der Waals surface area contributed by atoms with Crippen molar-refractivity contribution < 1.29 is 22.5 Å². The molecular formula is C18H12F4N4O3. The van der Waals surface area contributed by atoms with Crippen molar-refractivity contribution >= 4 is 11.9 Å². The number of aliphatic imine (C=N–C) groups is 1. The van der Waals surface area contributed by atoms with Gasteiger partial charge in [0.1, 0.15) is 5.82 Å². The Morgan fingerprint density at radius 1 is 1.10 bits per heavy atom. The number of rotatable bonds is 5. The Bertz CT molecular complexity index is 1110. The maximum Gasteiger partial charge on any atom is 0.433 e. The lowest BCUT2D eigenvalue weighted by Crippen LogP contribution is -2.17. The summed E-state index contributed by atoms with van der Waals surface area (Å²) in [5.74, 6) is -0.464. The van der Waals surface area contributed by atoms with E-state index in [1.807, 2.05) is 5.10 Å². The third kappa shape index (κ3) is 4.39. The standard InChI is InChI=1S/C18H12F4N4O3/c19-12-3-1-11(2-4-12)9-23-10-15-16(18(20,21)22)24-25(17(15)27)13-5-7-14(8-6-13)26(28)29/h1-8,10,24H,9H2. The highest BCUT2D eigenvalue weighted by Crippen LogP contribution is 2.29. The fourth-order valence-electron chi connectivity index (χ4n) is 2.52. The molecule has 0 aliphatic rings. The molecule has 3 rings (SSSR count). The van der Waals surface area contributed by atoms with Gasteiger partial charge >= 0.3 is 6.18 Å². The number of aromatic amines is 1. The minimum absolute atomic E-state index is 0.00992. The van der Waals surface area contributed by atoms with Crippen molar-refractivity contribution in [2.45, 2.75) is 12.7 Å². The molecule has 0 fully saturated rings. The van der Waals surface area contributed by atoms with Gasteiger partial charge in [-0.15, -0.1) is 0 Å². The summed E-state index contributed by atoms with van der Waals surface area (Å²) in [6.07, 6.45) is -4.06. The van der Waals surface area contributed by atoms with Gasteiger partial charge in [0.2, 0.25) is 0 Å². The number of nitro benzene ring substituents is 1. The topological polar surface area (TPSA) is 93.3 Å². The normalized spacial score (nSPS) is 11.9. The maximum atomic E-state index is 13.3. The number of nitro groups is 1. The zero-order valence-electron chi connectivity index (χ0n) is 14.5. The number of nitrogens with one attached hydrogen (secondary N) is 1. The average Bonchev–Trinajstić information content (AvgIpc) is 3.00. The lowest BCUT2D eigenvalue weighted by molar-refractivity contribution is -0.384. The molecule has 1 heterocycles. The predicted octanol–water partition coefficient (Wildman–Crippen LogP) is 3.85. The minimum Gasteiger partial charge on any atom is -0.288 e. The summed E-state index contributed by atoms with van der Waals surface area (Å²) in [6, 6.07) is 9.64. The molecule has 29 heavy (non-hydrogen) atoms. The van der Waals surface area contributed by atoms with Crippen LogP contribution >= 0.6 is 0 Å². The van der Waals surface area contributed by atoms with E-state index in [4.69, 9.17) is 0 Å². The molecular weight excluding hydrogens is 396 g/mol. The fourth-order valence-corrected chi connectivity index (χ4v) is 2.52. The fraction of sp³-hybridized carbons (Fsp3) is 0.111. The van der Waals surface area contributed by atoms with Crippen LogP contribution in [0.5, 0.6) is 0 Å². The van der Waals surface area contributed by atoms with E-state index in [1.165, 1.54) is 24.3 Å². The first-order valence-corrected chi connectivity index (χ1v) is 8.08. The Labute approximate surface area is 160 Å². The molecule has 0 aliphatic heterocycles. The van der Waals surface area contributed by atoms with E-state index >= 15 is 0 Å². The van der Waals surface area contributed by atoms with Gasteiger partial charge in [0.25, 0.3) is 11.2 Å². The van der Waals surface area contributed by atoms with Crippen LogP contribution in [0.1, 0.15) is 16.8 Å². The average molecular weight is 408 g/mol. The number of hydrogen-bond donors (Lipinski definition) is 1. The molecule has 0 radical (unpaired) electrons. The van der Waals surface area contributed by atoms with E-state index < -0.39 is 33.7 Å². The summed E-state index contributed by atoms with van der Waals surface area (Å²) < 4.78 is 53.6. The monoisotopic (exact) mass is 408 g/mol. The van der Waals surface area contributed by atoms with Gasteiger partial charge in [-0.1, -0.05) is 12.1 Å². The molecule has 0 bridgehead atoms. The Kier molecular flexibility index (Phi) is 5.31. The lowest BCUT2D eigenvalue weighted by Gasteiger charge is -2.04. The quantitative estimate of drug-likeness (QED) is 0.301. The second-order valence-electron chi connectivity index (χ2n) is 5.91. The van der Waals surface area contributed by atoms with Crippen LogP contribution in [-0.4, -0.2) is 20.9 Å². The first-order valence-electron chi connectivity index (χ1n) is 8.08. The van der Waals surface area contributed by atoms with Crippen LogP contribution in [0.4, 0.5) is 23.2 Å². The number of benzene rings is 2. The van der Waals surface area contributed by atoms with Gasteiger partial charge in [-0.3, -0.25) is 25.0 Å². The lowest BCUT2D eigenvalue weighted by atomic mass is 10.2. The van der Waals surface area contributed by atoms with E-state index in [0.29, 0.717) is 10.2 Å². The second kappa shape index (κ2) is 7.70. The molecule has 0 unspecified atom stereocenters. The molecule has 3 aromatic rings. The number of H-pyrrole nitrogens is 1. The second-order valence-corrected chi connectivity index (χ2v) is 5.91. The van der Waals surface area contributed by atoms with Gasteiger partial charge in [-0.05, 0) is 29.8 Å². The molecule has 2 aromatic carbocycles. The number of aromatic nitrogens is 2. The van der Waals surface area contributed by atoms with E-state index in [2.05, 4.69) is 4.99 Å². The van der Waals surface area contributed by atoms with Crippen LogP contribution in [0.15, 0.2) is 58.3 Å². The predicted molar refractivity (Wildman–Crippen MR) is 95.7 cm³/mol. The van der Waals surface area contributed by atoms with Crippen molar-refractivity contribution in [2.75, 3.05) is 0 Å². The van der Waals surface area contributed by atoms with Crippen molar-refractivity contribution in [3.05, 3.63) is 91.6 Å². The summed E-state index contributed by atoms with van der Waals surface area (Å²) in [6.45, 7) is -0.0558. The maximum absolute atomic E-state index is 13.3. The molecule has 0 atom stereocenters. The van der Waals surface area contributed by atoms with Gasteiger partial charge in [0.15, 0.2) is 5.69 Å². The molecule has 0 saturated heterocycles. The molecule has 150 valence electrons. The number of alkyl halides is 3. The Morgan fingerprint density at radius 3 is 2.28 bits per heavy atom. The van der Waals surface area contributed by atoms with E-state index in [1.54, 1.807) is 0 Å². The van der Waals surface area contributed by atoms with E-state index in [9.17, 15) is 32.5 Å². The molecule has 11 heteroatoms. The summed E-state index contributed by atoms with van der Waals surface area (Å²) in [5, 5.41) is 12.7. The van der Waals surface area contributed by atoms with Gasteiger partial charge < -0.3 is 0 Å². The van der Waals surface area contributed by atoms with Gasteiger partial charge in [0.05, 0.1) is 22.7 Å². The highest BCUT2D eigenvalue weighted by Gasteiger charge is 2.37. The minimum atomic E-state index is -4.86. The zero-order valence-corrected chi connectivity index (χ0v) is 14.5. The van der Waals surface area contributed by atoms with Crippen LogP contribution in [0, 0.1) is 15.9 Å². The van der Waals surface area contributed by atoms with E-state index in [0.717, 1.165) is 30.5 Å². The Hall–Kier alpha value is -3.76. The molecule has 7 nitrogen and oxygen atoms in total. The van der Waals surface area contributed by atoms with Crippen LogP contribution in [0.2, 0.25) is 0 Å². The van der Waals surface area contributed by atoms with Crippen molar-refractivity contribution in [3.63, 3.8) is 0 Å². The Morgan fingerprint density at radius 2 is 1.72 bits per heavy atom. The van der Waals surface area contributed by atoms with Crippen LogP contribution in [0.3, 0.4) is 0 Å². The summed E-state index contributed by atoms with van der Waals surface area (Å²) in [5.41, 5.74) is -2.77. The summed E-state index contributed by atoms with van der Waals surface area (Å²) >= 11 is 0. The van der Waals surface area contributed by atoms with Gasteiger partial charge in [-0.2, -0.15) is 13.2 Å². The van der Waals surface area contributed by atoms with Crippen LogP contribution in [-0.2, 0) is 12.7 Å². The summed E-state index contributed by atoms with van der Waals surface area (Å²) in [7, 11) is 0. The third-order valence-corrected chi connectivity index (χ3v) is 3.94. The third-order valence-electron chi connectivity index (χ3n) is 3.94. The molecule has 0 spiro atoms. The number of non-ortho nitro benzene ring substituents is 1. The molecule has 1 N–H and O–H groups in total. The summed E-state index contributed by atoms with van der Waals surface area (Å²) in [4.78, 5) is 26.4. The van der Waals surface area contributed by atoms with Crippen LogP contribution < -0.4 is 5.56 Å². The zero-order chi connectivity index (χ0) is 21.2. The highest BCUT2D eigenvalue weighted by atomic mass is 19.4. The van der Waals surface area contributed by atoms with Crippen molar-refractivity contribution in [2.24, 2.45) is 4.99 Å². The van der Waals surface area contributed by atoms with Gasteiger partial charge in [-0.25, -0.2) is 9.07 Å². The van der Waals surface area contributed by atoms with Crippen molar-refractivity contribution in [1.29, 1.82) is 0 Å². The van der Waals surface area contributed by atoms with Crippen molar-refractivity contribution in [3.8, 4) is 5.69 Å². The highest BCUT2D eigenvalue weighted by molar-refractivity contribution is 5.81. The van der Waals surface area contributed by atoms with Crippen molar-refractivity contribution in [1.82, 2.24) is 9.78 Å². The van der Waals surface area contributed by atoms with E-state index in [-0.39, 0.29) is 17.9 Å². The smallest absolute Gasteiger partial charge is 0.288 e. The number of nitrogens with zero attached hydrogens (tertiary/aromatic N) is 3. The molecule has 1 aromatic heterocycles. The SMILES string of the molecule is O=c1c(C=NCc2ccc(F)cc2)c(C(F)(F)F)[nH]n1-c1ccc([N+](=O)[O-])cc1. The molecule has 0 amide bonds. The first kappa shape index (κ1) is 20.0.